The fourth-order valence-corrected chi connectivity index (χ4v) is 4.41. The van der Waals surface area contributed by atoms with Crippen LogP contribution in [0.3, 0.4) is 0 Å². The van der Waals surface area contributed by atoms with Crippen LogP contribution in [0.25, 0.3) is 0 Å². The zero-order chi connectivity index (χ0) is 21.8. The number of carbonyl (C=O) groups is 2. The molecule has 0 saturated carbocycles. The predicted molar refractivity (Wildman–Crippen MR) is 126 cm³/mol. The average Bonchev–Trinajstić information content (AvgIpc) is 3.48. The molecule has 0 spiro atoms. The summed E-state index contributed by atoms with van der Waals surface area (Å²) in [5, 5.41) is 8.22. The highest BCUT2D eigenvalue weighted by Gasteiger charge is 2.24. The molecular formula is C21H19ClN4O3S2. The lowest BCUT2D eigenvalue weighted by atomic mass is 10.2. The molecule has 0 radical (unpaired) electrons. The number of piperazine rings is 1. The number of amides is 2. The number of carbonyl (C=O) groups excluding carboxylic acids is 2. The standard InChI is InChI=1S/C21H19ClN4O3S2/c22-15-13-14(23-21(30)24-19(27)18-4-2-12-31-18)5-6-16(15)25-7-9-26(10-8-25)20(28)17-3-1-11-29-17/h1-6,11-13H,7-10H2,(H2,23,24,27,30). The number of hydrogen-bond donors (Lipinski definition) is 2. The van der Waals surface area contributed by atoms with E-state index in [1.165, 1.54) is 17.6 Å². The van der Waals surface area contributed by atoms with Crippen LogP contribution in [0.1, 0.15) is 20.2 Å². The highest BCUT2D eigenvalue weighted by molar-refractivity contribution is 7.80. The van der Waals surface area contributed by atoms with Crippen molar-refractivity contribution in [2.75, 3.05) is 36.4 Å². The molecule has 7 nitrogen and oxygen atoms in total. The number of thiocarbonyl (C=S) groups is 1. The van der Waals surface area contributed by atoms with Gasteiger partial charge in [-0.3, -0.25) is 14.9 Å². The lowest BCUT2D eigenvalue weighted by molar-refractivity contribution is 0.0714. The van der Waals surface area contributed by atoms with E-state index in [2.05, 4.69) is 15.5 Å². The van der Waals surface area contributed by atoms with Gasteiger partial charge >= 0.3 is 0 Å². The van der Waals surface area contributed by atoms with Gasteiger partial charge in [0.15, 0.2) is 10.9 Å². The SMILES string of the molecule is O=C(NC(=S)Nc1ccc(N2CCN(C(=O)c3ccco3)CC2)c(Cl)c1)c1cccs1. The summed E-state index contributed by atoms with van der Waals surface area (Å²) < 4.78 is 5.20. The Morgan fingerprint density at radius 1 is 1.10 bits per heavy atom. The molecule has 2 N–H and O–H groups in total. The summed E-state index contributed by atoms with van der Waals surface area (Å²) in [6, 6.07) is 12.4. The maximum Gasteiger partial charge on any atom is 0.289 e. The number of halogens is 1. The Morgan fingerprint density at radius 3 is 2.55 bits per heavy atom. The molecule has 0 atom stereocenters. The summed E-state index contributed by atoms with van der Waals surface area (Å²) in [5.74, 6) is -0.00497. The summed E-state index contributed by atoms with van der Waals surface area (Å²) in [6.45, 7) is 2.48. The van der Waals surface area contributed by atoms with Gasteiger partial charge in [-0.1, -0.05) is 17.7 Å². The first-order valence-electron chi connectivity index (χ1n) is 9.54. The molecule has 0 aliphatic carbocycles. The minimum atomic E-state index is -0.253. The minimum Gasteiger partial charge on any atom is -0.459 e. The molecule has 2 amide bonds. The summed E-state index contributed by atoms with van der Waals surface area (Å²) in [6.07, 6.45) is 1.50. The van der Waals surface area contributed by atoms with Gasteiger partial charge in [0.1, 0.15) is 0 Å². The topological polar surface area (TPSA) is 77.8 Å². The third-order valence-electron chi connectivity index (χ3n) is 4.82. The van der Waals surface area contributed by atoms with Crippen molar-refractivity contribution in [3.8, 4) is 0 Å². The molecule has 1 aromatic carbocycles. The van der Waals surface area contributed by atoms with E-state index < -0.39 is 0 Å². The number of thiophene rings is 1. The highest BCUT2D eigenvalue weighted by Crippen LogP contribution is 2.30. The summed E-state index contributed by atoms with van der Waals surface area (Å²) in [5.41, 5.74) is 1.56. The molecule has 1 fully saturated rings. The van der Waals surface area contributed by atoms with Crippen LogP contribution in [0, 0.1) is 0 Å². The molecule has 1 saturated heterocycles. The van der Waals surface area contributed by atoms with E-state index in [1.54, 1.807) is 35.2 Å². The lowest BCUT2D eigenvalue weighted by Gasteiger charge is -2.36. The van der Waals surface area contributed by atoms with Crippen molar-refractivity contribution in [3.05, 3.63) is 69.8 Å². The molecule has 0 bridgehead atoms. The molecule has 10 heteroatoms. The van der Waals surface area contributed by atoms with Crippen LogP contribution in [-0.4, -0.2) is 48.0 Å². The van der Waals surface area contributed by atoms with Crippen LogP contribution in [0.4, 0.5) is 11.4 Å². The van der Waals surface area contributed by atoms with E-state index >= 15 is 0 Å². The third kappa shape index (κ3) is 5.07. The van der Waals surface area contributed by atoms with Crippen molar-refractivity contribution in [2.24, 2.45) is 0 Å². The van der Waals surface area contributed by atoms with Crippen LogP contribution in [0.5, 0.6) is 0 Å². The van der Waals surface area contributed by atoms with Crippen molar-refractivity contribution in [2.45, 2.75) is 0 Å². The fraction of sp³-hybridized carbons (Fsp3) is 0.190. The zero-order valence-electron chi connectivity index (χ0n) is 16.3. The smallest absolute Gasteiger partial charge is 0.289 e. The first-order valence-corrected chi connectivity index (χ1v) is 11.2. The first kappa shape index (κ1) is 21.4. The number of rotatable bonds is 4. The van der Waals surface area contributed by atoms with E-state index in [-0.39, 0.29) is 16.9 Å². The molecule has 0 unspecified atom stereocenters. The van der Waals surface area contributed by atoms with Gasteiger partial charge in [-0.2, -0.15) is 0 Å². The second-order valence-corrected chi connectivity index (χ2v) is 8.57. The van der Waals surface area contributed by atoms with Gasteiger partial charge in [0.05, 0.1) is 21.9 Å². The van der Waals surface area contributed by atoms with E-state index in [4.69, 9.17) is 28.2 Å². The summed E-state index contributed by atoms with van der Waals surface area (Å²) >= 11 is 13.1. The Morgan fingerprint density at radius 2 is 1.90 bits per heavy atom. The predicted octanol–water partition coefficient (Wildman–Crippen LogP) is 4.08. The fourth-order valence-electron chi connectivity index (χ4n) is 3.28. The first-order chi connectivity index (χ1) is 15.0. The Balaban J connectivity index is 1.33. The van der Waals surface area contributed by atoms with Gasteiger partial charge < -0.3 is 19.5 Å². The quantitative estimate of drug-likeness (QED) is 0.555. The molecule has 31 heavy (non-hydrogen) atoms. The molecule has 4 rings (SSSR count). The van der Waals surface area contributed by atoms with Crippen molar-refractivity contribution in [1.82, 2.24) is 10.2 Å². The number of nitrogens with one attached hydrogen (secondary N) is 2. The lowest BCUT2D eigenvalue weighted by Crippen LogP contribution is -2.48. The van der Waals surface area contributed by atoms with Crippen molar-refractivity contribution < 1.29 is 14.0 Å². The summed E-state index contributed by atoms with van der Waals surface area (Å²) in [7, 11) is 0. The molecule has 2 aromatic heterocycles. The van der Waals surface area contributed by atoms with Crippen molar-refractivity contribution in [1.29, 1.82) is 0 Å². The highest BCUT2D eigenvalue weighted by atomic mass is 35.5. The average molecular weight is 475 g/mol. The van der Waals surface area contributed by atoms with Gasteiger partial charge in [-0.05, 0) is 54.0 Å². The molecule has 3 aromatic rings. The molecule has 1 aliphatic heterocycles. The zero-order valence-corrected chi connectivity index (χ0v) is 18.7. The second kappa shape index (κ2) is 9.51. The van der Waals surface area contributed by atoms with Crippen LogP contribution in [0.15, 0.2) is 58.5 Å². The van der Waals surface area contributed by atoms with Gasteiger partial charge in [0, 0.05) is 31.9 Å². The Hall–Kier alpha value is -2.88. The molecular weight excluding hydrogens is 456 g/mol. The number of anilines is 2. The van der Waals surface area contributed by atoms with Gasteiger partial charge in [0.2, 0.25) is 0 Å². The Labute approximate surface area is 193 Å². The van der Waals surface area contributed by atoms with Crippen molar-refractivity contribution in [3.63, 3.8) is 0 Å². The van der Waals surface area contributed by atoms with Crippen molar-refractivity contribution >= 4 is 63.5 Å². The molecule has 3 heterocycles. The van der Waals surface area contributed by atoms with Crippen LogP contribution < -0.4 is 15.5 Å². The number of furan rings is 1. The van der Waals surface area contributed by atoms with Crippen LogP contribution in [-0.2, 0) is 0 Å². The second-order valence-electron chi connectivity index (χ2n) is 6.81. The number of hydrogen-bond acceptors (Lipinski definition) is 6. The third-order valence-corrected chi connectivity index (χ3v) is 6.19. The minimum absolute atomic E-state index is 0.103. The van der Waals surface area contributed by atoms with Crippen LogP contribution in [0.2, 0.25) is 5.02 Å². The van der Waals surface area contributed by atoms with Crippen LogP contribution >= 0.6 is 35.2 Å². The van der Waals surface area contributed by atoms with E-state index in [9.17, 15) is 9.59 Å². The summed E-state index contributed by atoms with van der Waals surface area (Å²) in [4.78, 5) is 29.0. The number of benzene rings is 1. The van der Waals surface area contributed by atoms with Gasteiger partial charge in [-0.25, -0.2) is 0 Å². The molecule has 1 aliphatic rings. The monoisotopic (exact) mass is 474 g/mol. The Kier molecular flexibility index (Phi) is 6.55. The number of nitrogens with zero attached hydrogens (tertiary/aromatic N) is 2. The Bertz CT molecular complexity index is 1080. The normalized spacial score (nSPS) is 13.7. The van der Waals surface area contributed by atoms with Gasteiger partial charge in [-0.15, -0.1) is 11.3 Å². The largest absolute Gasteiger partial charge is 0.459 e. The van der Waals surface area contributed by atoms with E-state index in [0.29, 0.717) is 47.5 Å². The molecule has 160 valence electrons. The maximum atomic E-state index is 12.4. The maximum absolute atomic E-state index is 12.4. The van der Waals surface area contributed by atoms with E-state index in [0.717, 1.165) is 5.69 Å². The van der Waals surface area contributed by atoms with Gasteiger partial charge in [0.25, 0.3) is 11.8 Å². The van der Waals surface area contributed by atoms with E-state index in [1.807, 2.05) is 17.5 Å².